The number of alkyl halides is 1. The molecule has 3 saturated carbocycles. The van der Waals surface area contributed by atoms with Crippen LogP contribution in [0.1, 0.15) is 72.6 Å². The molecule has 1 N–H and O–H groups in total. The molecule has 188 valence electrons. The number of hydrogen-bond acceptors (Lipinski definition) is 5. The third-order valence-corrected chi connectivity index (χ3v) is 9.52. The Morgan fingerprint density at radius 3 is 2.68 bits per heavy atom. The SMILES string of the molecule is CCCCCC(=O)OCC(=O)[C@H]1[C@H](C)C[C@@H]2[C@H]3C[C@H](F)C4=CC(=O)C=C[C@]4(C)[C@H]3[C@H](O)C[C@@]21C. The van der Waals surface area contributed by atoms with Crippen LogP contribution in [0.2, 0.25) is 0 Å². The first-order valence-electron chi connectivity index (χ1n) is 13.0. The fourth-order valence-electron chi connectivity index (χ4n) is 8.22. The molecule has 5 nitrogen and oxygen atoms in total. The Kier molecular flexibility index (Phi) is 6.93. The van der Waals surface area contributed by atoms with Crippen molar-refractivity contribution in [2.75, 3.05) is 6.61 Å². The van der Waals surface area contributed by atoms with Crippen molar-refractivity contribution in [1.29, 1.82) is 0 Å². The highest BCUT2D eigenvalue weighted by Gasteiger charge is 2.65. The molecule has 0 spiro atoms. The van der Waals surface area contributed by atoms with Gasteiger partial charge in [-0.3, -0.25) is 14.4 Å². The van der Waals surface area contributed by atoms with Crippen LogP contribution >= 0.6 is 0 Å². The Balaban J connectivity index is 1.54. The van der Waals surface area contributed by atoms with Gasteiger partial charge >= 0.3 is 5.97 Å². The molecule has 0 heterocycles. The molecule has 0 saturated heterocycles. The number of esters is 1. The van der Waals surface area contributed by atoms with E-state index in [0.29, 0.717) is 18.4 Å². The quantitative estimate of drug-likeness (QED) is 0.425. The Morgan fingerprint density at radius 2 is 1.97 bits per heavy atom. The third-order valence-electron chi connectivity index (χ3n) is 9.52. The zero-order valence-corrected chi connectivity index (χ0v) is 20.9. The molecule has 0 amide bonds. The van der Waals surface area contributed by atoms with E-state index in [9.17, 15) is 19.5 Å². The monoisotopic (exact) mass is 474 g/mol. The number of unbranched alkanes of at least 4 members (excludes halogenated alkanes) is 2. The predicted molar refractivity (Wildman–Crippen MR) is 126 cm³/mol. The average molecular weight is 475 g/mol. The van der Waals surface area contributed by atoms with E-state index in [1.165, 1.54) is 12.2 Å². The summed E-state index contributed by atoms with van der Waals surface area (Å²) < 4.78 is 20.8. The van der Waals surface area contributed by atoms with Crippen LogP contribution in [0, 0.1) is 40.4 Å². The molecule has 34 heavy (non-hydrogen) atoms. The maximum absolute atomic E-state index is 15.4. The van der Waals surface area contributed by atoms with Gasteiger partial charge in [0.25, 0.3) is 0 Å². The minimum atomic E-state index is -1.23. The van der Waals surface area contributed by atoms with Crippen molar-refractivity contribution >= 4 is 17.5 Å². The fraction of sp³-hybridized carbons (Fsp3) is 0.750. The number of fused-ring (bicyclic) bond motifs is 5. The van der Waals surface area contributed by atoms with Crippen molar-refractivity contribution in [1.82, 2.24) is 0 Å². The highest BCUT2D eigenvalue weighted by atomic mass is 19.1. The number of hydrogen-bond donors (Lipinski definition) is 1. The maximum Gasteiger partial charge on any atom is 0.306 e. The van der Waals surface area contributed by atoms with Crippen LogP contribution in [-0.2, 0) is 19.1 Å². The topological polar surface area (TPSA) is 80.7 Å². The number of carbonyl (C=O) groups is 3. The summed E-state index contributed by atoms with van der Waals surface area (Å²) in [5.74, 6) is -1.07. The van der Waals surface area contributed by atoms with E-state index in [0.717, 1.165) is 25.7 Å². The lowest BCUT2D eigenvalue weighted by Crippen LogP contribution is -2.58. The summed E-state index contributed by atoms with van der Waals surface area (Å²) in [4.78, 5) is 37.3. The maximum atomic E-state index is 15.4. The molecule has 6 heteroatoms. The molecule has 4 aliphatic carbocycles. The van der Waals surface area contributed by atoms with Gasteiger partial charge in [-0.15, -0.1) is 0 Å². The van der Waals surface area contributed by atoms with Crippen LogP contribution in [0.5, 0.6) is 0 Å². The van der Waals surface area contributed by atoms with Crippen molar-refractivity contribution in [3.8, 4) is 0 Å². The van der Waals surface area contributed by atoms with Gasteiger partial charge in [0.1, 0.15) is 12.8 Å². The summed E-state index contributed by atoms with van der Waals surface area (Å²) in [6, 6.07) is 0. The van der Waals surface area contributed by atoms with Crippen LogP contribution in [0.15, 0.2) is 23.8 Å². The highest BCUT2D eigenvalue weighted by molar-refractivity contribution is 6.01. The van der Waals surface area contributed by atoms with E-state index in [1.54, 1.807) is 6.08 Å². The standard InChI is InChI=1S/C28H39FO5/c1-5-6-7-8-24(33)34-15-23(32)25-16(2)11-19-18-13-21(29)20-12-17(30)9-10-27(20,3)26(18)22(31)14-28(19,25)4/h9-10,12,16,18-19,21-22,25-26,31H,5-8,11,13-15H2,1-4H3/t16-,18-,19-,21+,22-,25-,26-,27+,28+/m1/s1. The average Bonchev–Trinajstić information content (AvgIpc) is 3.03. The van der Waals surface area contributed by atoms with Gasteiger partial charge in [-0.25, -0.2) is 4.39 Å². The molecule has 0 aliphatic heterocycles. The summed E-state index contributed by atoms with van der Waals surface area (Å²) in [6.45, 7) is 7.89. The Morgan fingerprint density at radius 1 is 1.24 bits per heavy atom. The van der Waals surface area contributed by atoms with Gasteiger partial charge in [-0.05, 0) is 66.6 Å². The minimum Gasteiger partial charge on any atom is -0.458 e. The summed E-state index contributed by atoms with van der Waals surface area (Å²) >= 11 is 0. The lowest BCUT2D eigenvalue weighted by molar-refractivity contribution is -0.155. The van der Waals surface area contributed by atoms with Gasteiger partial charge in [-0.2, -0.15) is 0 Å². The molecule has 4 rings (SSSR count). The number of halogens is 1. The molecular formula is C28H39FO5. The van der Waals surface area contributed by atoms with Crippen LogP contribution < -0.4 is 0 Å². The van der Waals surface area contributed by atoms with Gasteiger partial charge in [0.05, 0.1) is 6.10 Å². The van der Waals surface area contributed by atoms with Crippen LogP contribution in [0.3, 0.4) is 0 Å². The van der Waals surface area contributed by atoms with Gasteiger partial charge in [0.2, 0.25) is 0 Å². The molecular weight excluding hydrogens is 435 g/mol. The van der Waals surface area contributed by atoms with Crippen molar-refractivity contribution < 1.29 is 28.6 Å². The van der Waals surface area contributed by atoms with E-state index in [-0.39, 0.29) is 60.2 Å². The lowest BCUT2D eigenvalue weighted by atomic mass is 9.46. The zero-order valence-electron chi connectivity index (χ0n) is 20.9. The Bertz CT molecular complexity index is 908. The van der Waals surface area contributed by atoms with Crippen molar-refractivity contribution in [2.24, 2.45) is 40.4 Å². The molecule has 0 radical (unpaired) electrons. The van der Waals surface area contributed by atoms with Crippen LogP contribution in [-0.4, -0.2) is 41.5 Å². The second-order valence-corrected chi connectivity index (χ2v) is 11.7. The van der Waals surface area contributed by atoms with Crippen molar-refractivity contribution in [3.05, 3.63) is 23.8 Å². The molecule has 0 unspecified atom stereocenters. The largest absolute Gasteiger partial charge is 0.458 e. The zero-order chi connectivity index (χ0) is 24.8. The molecule has 0 bridgehead atoms. The number of allylic oxidation sites excluding steroid dienone is 4. The van der Waals surface area contributed by atoms with Gasteiger partial charge < -0.3 is 9.84 Å². The van der Waals surface area contributed by atoms with E-state index < -0.39 is 23.1 Å². The lowest BCUT2D eigenvalue weighted by Gasteiger charge is -2.59. The number of Topliss-reactive ketones (excluding diaryl/α,β-unsaturated/α-hetero) is 1. The van der Waals surface area contributed by atoms with E-state index >= 15 is 4.39 Å². The van der Waals surface area contributed by atoms with E-state index in [4.69, 9.17) is 4.74 Å². The number of ketones is 2. The third kappa shape index (κ3) is 4.10. The number of ether oxygens (including phenoxy) is 1. The summed E-state index contributed by atoms with van der Waals surface area (Å²) in [6.07, 6.45) is 7.33. The second kappa shape index (κ2) is 9.33. The molecule has 0 aromatic heterocycles. The molecule has 9 atom stereocenters. The van der Waals surface area contributed by atoms with Crippen LogP contribution in [0.25, 0.3) is 0 Å². The second-order valence-electron chi connectivity index (χ2n) is 11.7. The molecule has 3 fully saturated rings. The smallest absolute Gasteiger partial charge is 0.306 e. The number of aliphatic hydroxyl groups excluding tert-OH is 1. The van der Waals surface area contributed by atoms with Crippen molar-refractivity contribution in [3.63, 3.8) is 0 Å². The predicted octanol–water partition coefficient (Wildman–Crippen LogP) is 4.77. The van der Waals surface area contributed by atoms with E-state index in [1.807, 2.05) is 6.92 Å². The number of aliphatic hydroxyl groups is 1. The normalized spacial score (nSPS) is 42.9. The first kappa shape index (κ1) is 25.3. The Hall–Kier alpha value is -1.82. The summed E-state index contributed by atoms with van der Waals surface area (Å²) in [5.41, 5.74) is -0.689. The van der Waals surface area contributed by atoms with E-state index in [2.05, 4.69) is 20.8 Å². The molecule has 0 aromatic rings. The van der Waals surface area contributed by atoms with Crippen molar-refractivity contribution in [2.45, 2.75) is 84.9 Å². The van der Waals surface area contributed by atoms with Crippen LogP contribution in [0.4, 0.5) is 4.39 Å². The Labute approximate surface area is 202 Å². The molecule has 4 aliphatic rings. The fourth-order valence-corrected chi connectivity index (χ4v) is 8.22. The van der Waals surface area contributed by atoms with Gasteiger partial charge in [0.15, 0.2) is 11.6 Å². The number of carbonyl (C=O) groups excluding carboxylic acids is 3. The summed E-state index contributed by atoms with van der Waals surface area (Å²) in [5, 5.41) is 11.4. The minimum absolute atomic E-state index is 0.0681. The first-order chi connectivity index (χ1) is 16.0. The highest BCUT2D eigenvalue weighted by Crippen LogP contribution is 2.67. The molecule has 0 aromatic carbocycles. The summed E-state index contributed by atoms with van der Waals surface area (Å²) in [7, 11) is 0. The van der Waals surface area contributed by atoms with Gasteiger partial charge in [-0.1, -0.05) is 46.6 Å². The van der Waals surface area contributed by atoms with Gasteiger partial charge in [0, 0.05) is 23.7 Å². The number of rotatable bonds is 7. The first-order valence-corrected chi connectivity index (χ1v) is 13.0.